The Morgan fingerprint density at radius 3 is 3.08 bits per heavy atom. The second-order valence-electron chi connectivity index (χ2n) is 2.69. The Hall–Kier alpha value is -1.40. The largest absolute Gasteiger partial charge is 0.299 e. The summed E-state index contributed by atoms with van der Waals surface area (Å²) in [6.07, 6.45) is 9.63. The molecule has 1 unspecified atom stereocenters. The van der Waals surface area contributed by atoms with E-state index in [0.717, 1.165) is 18.7 Å². The monoisotopic (exact) mass is 175 g/mol. The van der Waals surface area contributed by atoms with E-state index in [1.807, 2.05) is 6.07 Å². The Bertz CT molecular complexity index is 276. The zero-order valence-corrected chi connectivity index (χ0v) is 7.70. The van der Waals surface area contributed by atoms with Crippen molar-refractivity contribution < 1.29 is 0 Å². The molecular formula is C10H13N3. The van der Waals surface area contributed by atoms with E-state index in [1.54, 1.807) is 6.20 Å². The summed E-state index contributed by atoms with van der Waals surface area (Å²) >= 11 is 0. The minimum Gasteiger partial charge on any atom is -0.299 e. The maximum Gasteiger partial charge on any atom is 0.115 e. The number of nitrogens with one attached hydrogen (secondary N) is 1. The fourth-order valence-electron chi connectivity index (χ4n) is 1.01. The van der Waals surface area contributed by atoms with Gasteiger partial charge in [-0.15, -0.1) is 6.42 Å². The highest BCUT2D eigenvalue weighted by Crippen LogP contribution is 2.06. The predicted molar refractivity (Wildman–Crippen MR) is 51.9 cm³/mol. The molecule has 3 heteroatoms. The van der Waals surface area contributed by atoms with Crippen molar-refractivity contribution in [2.45, 2.75) is 19.4 Å². The van der Waals surface area contributed by atoms with E-state index in [9.17, 15) is 0 Å². The smallest absolute Gasteiger partial charge is 0.115 e. The molecular weight excluding hydrogens is 162 g/mol. The average molecular weight is 175 g/mol. The van der Waals surface area contributed by atoms with Crippen LogP contribution < -0.4 is 5.32 Å². The molecule has 0 saturated heterocycles. The van der Waals surface area contributed by atoms with Crippen molar-refractivity contribution in [1.29, 1.82) is 0 Å². The summed E-state index contributed by atoms with van der Waals surface area (Å²) in [5, 5.41) is 3.21. The Labute approximate surface area is 78.6 Å². The topological polar surface area (TPSA) is 37.8 Å². The van der Waals surface area contributed by atoms with Gasteiger partial charge >= 0.3 is 0 Å². The lowest BCUT2D eigenvalue weighted by molar-refractivity contribution is 0.613. The third-order valence-electron chi connectivity index (χ3n) is 1.67. The van der Waals surface area contributed by atoms with Crippen molar-refractivity contribution in [2.75, 3.05) is 6.54 Å². The van der Waals surface area contributed by atoms with Crippen LogP contribution in [0.3, 0.4) is 0 Å². The predicted octanol–water partition coefficient (Wildman–Crippen LogP) is 1.15. The molecule has 1 atom stereocenters. The van der Waals surface area contributed by atoms with E-state index >= 15 is 0 Å². The van der Waals surface area contributed by atoms with Crippen LogP contribution in [0, 0.1) is 12.3 Å². The normalized spacial score (nSPS) is 12.0. The molecule has 1 aromatic heterocycles. The lowest BCUT2D eigenvalue weighted by Gasteiger charge is -2.10. The van der Waals surface area contributed by atoms with Gasteiger partial charge in [0.25, 0.3) is 0 Å². The van der Waals surface area contributed by atoms with Crippen LogP contribution in [0.15, 0.2) is 18.6 Å². The highest BCUT2D eigenvalue weighted by atomic mass is 14.9. The van der Waals surface area contributed by atoms with Crippen LogP contribution in [-0.4, -0.2) is 16.5 Å². The van der Waals surface area contributed by atoms with Crippen LogP contribution in [0.2, 0.25) is 0 Å². The van der Waals surface area contributed by atoms with Crippen molar-refractivity contribution in [1.82, 2.24) is 15.3 Å². The van der Waals surface area contributed by atoms with Crippen LogP contribution in [-0.2, 0) is 0 Å². The molecule has 0 aliphatic rings. The van der Waals surface area contributed by atoms with Gasteiger partial charge in [0.05, 0.1) is 5.69 Å². The molecule has 0 bridgehead atoms. The summed E-state index contributed by atoms with van der Waals surface area (Å²) < 4.78 is 0. The Morgan fingerprint density at radius 1 is 1.69 bits per heavy atom. The van der Waals surface area contributed by atoms with Gasteiger partial charge in [0.2, 0.25) is 0 Å². The molecule has 0 fully saturated rings. The Balaban J connectivity index is 2.63. The molecule has 0 aliphatic carbocycles. The number of hydrogen-bond acceptors (Lipinski definition) is 3. The maximum atomic E-state index is 5.37. The lowest BCUT2D eigenvalue weighted by atomic mass is 10.2. The molecule has 0 aliphatic heterocycles. The van der Waals surface area contributed by atoms with Crippen LogP contribution in [0.1, 0.15) is 25.1 Å². The zero-order valence-electron chi connectivity index (χ0n) is 7.70. The van der Waals surface area contributed by atoms with E-state index in [-0.39, 0.29) is 6.04 Å². The summed E-state index contributed by atoms with van der Waals surface area (Å²) in [7, 11) is 0. The van der Waals surface area contributed by atoms with Crippen molar-refractivity contribution in [3.05, 3.63) is 24.3 Å². The molecule has 0 radical (unpaired) electrons. The number of nitrogens with zero attached hydrogens (tertiary/aromatic N) is 2. The summed E-state index contributed by atoms with van der Waals surface area (Å²) in [6, 6.07) is 1.73. The number of aromatic nitrogens is 2. The molecule has 0 spiro atoms. The van der Waals surface area contributed by atoms with Crippen molar-refractivity contribution in [3.8, 4) is 12.3 Å². The lowest BCUT2D eigenvalue weighted by Crippen LogP contribution is -2.21. The van der Waals surface area contributed by atoms with Crippen LogP contribution in [0.5, 0.6) is 0 Å². The van der Waals surface area contributed by atoms with Gasteiger partial charge in [0.1, 0.15) is 12.4 Å². The van der Waals surface area contributed by atoms with Gasteiger partial charge < -0.3 is 0 Å². The van der Waals surface area contributed by atoms with Crippen molar-refractivity contribution in [2.24, 2.45) is 0 Å². The van der Waals surface area contributed by atoms with E-state index in [4.69, 9.17) is 6.42 Å². The standard InChI is InChI=1S/C10H13N3/c1-3-6-12-9(4-2)10-5-7-11-8-13-10/h2,5,7-9,12H,3,6H2,1H3. The molecule has 1 rings (SSSR count). The summed E-state index contributed by atoms with van der Waals surface area (Å²) in [6.45, 7) is 3.00. The second kappa shape index (κ2) is 5.28. The third kappa shape index (κ3) is 2.85. The first-order valence-corrected chi connectivity index (χ1v) is 4.34. The number of rotatable bonds is 4. The molecule has 0 saturated carbocycles. The minimum absolute atomic E-state index is 0.0945. The minimum atomic E-state index is -0.0945. The van der Waals surface area contributed by atoms with E-state index in [0.29, 0.717) is 0 Å². The molecule has 68 valence electrons. The first-order valence-electron chi connectivity index (χ1n) is 4.34. The molecule has 0 aromatic carbocycles. The third-order valence-corrected chi connectivity index (χ3v) is 1.67. The maximum absolute atomic E-state index is 5.37. The van der Waals surface area contributed by atoms with Gasteiger partial charge in [-0.25, -0.2) is 9.97 Å². The van der Waals surface area contributed by atoms with E-state index < -0.39 is 0 Å². The second-order valence-corrected chi connectivity index (χ2v) is 2.69. The fraction of sp³-hybridized carbons (Fsp3) is 0.400. The van der Waals surface area contributed by atoms with Gasteiger partial charge in [-0.2, -0.15) is 0 Å². The van der Waals surface area contributed by atoms with Gasteiger partial charge in [-0.05, 0) is 19.0 Å². The molecule has 1 heterocycles. The van der Waals surface area contributed by atoms with Gasteiger partial charge in [0.15, 0.2) is 0 Å². The molecule has 3 nitrogen and oxygen atoms in total. The van der Waals surface area contributed by atoms with Gasteiger partial charge in [0, 0.05) is 6.20 Å². The molecule has 0 amide bonds. The first kappa shape index (κ1) is 9.69. The van der Waals surface area contributed by atoms with Crippen LogP contribution >= 0.6 is 0 Å². The number of terminal acetylenes is 1. The van der Waals surface area contributed by atoms with E-state index in [1.165, 1.54) is 6.33 Å². The quantitative estimate of drug-likeness (QED) is 0.697. The molecule has 1 N–H and O–H groups in total. The van der Waals surface area contributed by atoms with Gasteiger partial charge in [-0.1, -0.05) is 12.8 Å². The van der Waals surface area contributed by atoms with Crippen LogP contribution in [0.25, 0.3) is 0 Å². The number of hydrogen-bond donors (Lipinski definition) is 1. The average Bonchev–Trinajstić information content (AvgIpc) is 2.21. The Morgan fingerprint density at radius 2 is 2.54 bits per heavy atom. The highest BCUT2D eigenvalue weighted by molar-refractivity contribution is 5.15. The summed E-state index contributed by atoms with van der Waals surface area (Å²) in [5.41, 5.74) is 0.853. The first-order chi connectivity index (χ1) is 6.38. The highest BCUT2D eigenvalue weighted by Gasteiger charge is 2.06. The fourth-order valence-corrected chi connectivity index (χ4v) is 1.01. The summed E-state index contributed by atoms with van der Waals surface area (Å²) in [5.74, 6) is 2.65. The summed E-state index contributed by atoms with van der Waals surface area (Å²) in [4.78, 5) is 7.92. The molecule has 13 heavy (non-hydrogen) atoms. The van der Waals surface area contributed by atoms with Gasteiger partial charge in [-0.3, -0.25) is 5.32 Å². The zero-order chi connectivity index (χ0) is 9.52. The van der Waals surface area contributed by atoms with Crippen molar-refractivity contribution >= 4 is 0 Å². The SMILES string of the molecule is C#CC(NCCC)c1ccncn1. The van der Waals surface area contributed by atoms with E-state index in [2.05, 4.69) is 28.1 Å². The Kier molecular flexibility index (Phi) is 3.94. The van der Waals surface area contributed by atoms with Crippen LogP contribution in [0.4, 0.5) is 0 Å². The van der Waals surface area contributed by atoms with Crippen molar-refractivity contribution in [3.63, 3.8) is 0 Å². The molecule has 1 aromatic rings.